The predicted octanol–water partition coefficient (Wildman–Crippen LogP) is 7.18. The van der Waals surface area contributed by atoms with Crippen LogP contribution in [0.2, 0.25) is 10.0 Å². The molecule has 29 heavy (non-hydrogen) atoms. The van der Waals surface area contributed by atoms with Crippen LogP contribution in [0.5, 0.6) is 0 Å². The highest BCUT2D eigenvalue weighted by molar-refractivity contribution is 7.18. The first-order chi connectivity index (χ1) is 13.9. The van der Waals surface area contributed by atoms with Gasteiger partial charge in [0.2, 0.25) is 0 Å². The molecule has 0 saturated carbocycles. The Balaban J connectivity index is 1.74. The van der Waals surface area contributed by atoms with E-state index < -0.39 is 5.97 Å². The second-order valence-corrected chi connectivity index (χ2v) is 8.42. The number of carbonyl (C=O) groups is 1. The fourth-order valence-electron chi connectivity index (χ4n) is 3.30. The number of thiophene rings is 1. The zero-order valence-corrected chi connectivity index (χ0v) is 17.7. The zero-order valence-electron chi connectivity index (χ0n) is 15.4. The number of rotatable bonds is 6. The van der Waals surface area contributed by atoms with Crippen molar-refractivity contribution in [1.82, 2.24) is 4.98 Å². The van der Waals surface area contributed by atoms with Gasteiger partial charge in [-0.2, -0.15) is 0 Å². The number of aromatic carboxylic acids is 1. The van der Waals surface area contributed by atoms with Crippen LogP contribution < -0.4 is 0 Å². The third-order valence-corrected chi connectivity index (χ3v) is 6.14. The smallest absolute Gasteiger partial charge is 0.353 e. The van der Waals surface area contributed by atoms with Crippen LogP contribution in [0.3, 0.4) is 0 Å². The molecular weight excluding hydrogens is 429 g/mol. The van der Waals surface area contributed by atoms with Crippen LogP contribution in [0.1, 0.15) is 34.6 Å². The summed E-state index contributed by atoms with van der Waals surface area (Å²) in [6, 6.07) is 15.0. The maximum Gasteiger partial charge on any atom is 0.353 e. The highest BCUT2D eigenvalue weighted by Crippen LogP contribution is 2.42. The van der Waals surface area contributed by atoms with Gasteiger partial charge >= 0.3 is 5.97 Å². The van der Waals surface area contributed by atoms with Gasteiger partial charge in [0.25, 0.3) is 0 Å². The summed E-state index contributed by atoms with van der Waals surface area (Å²) in [6.45, 7) is 2.43. The molecule has 2 aromatic heterocycles. The van der Waals surface area contributed by atoms with Crippen molar-refractivity contribution in [2.45, 2.75) is 19.6 Å². The Labute approximate surface area is 181 Å². The fraction of sp³-hybridized carbons (Fsp3) is 0.136. The number of aromatic nitrogens is 1. The molecule has 0 fully saturated rings. The molecule has 0 saturated heterocycles. The first-order valence-electron chi connectivity index (χ1n) is 8.92. The summed E-state index contributed by atoms with van der Waals surface area (Å²) in [5, 5.41) is 12.6. The van der Waals surface area contributed by atoms with Crippen molar-refractivity contribution in [1.29, 1.82) is 0 Å². The first-order valence-corrected chi connectivity index (χ1v) is 10.6. The molecule has 2 aromatic carbocycles. The summed E-state index contributed by atoms with van der Waals surface area (Å²) in [4.78, 5) is 15.0. The number of hydrogen-bond donors (Lipinski definition) is 2. The van der Waals surface area contributed by atoms with Crippen LogP contribution >= 0.6 is 34.5 Å². The molecule has 0 aliphatic carbocycles. The summed E-state index contributed by atoms with van der Waals surface area (Å²) < 4.78 is 6.87. The van der Waals surface area contributed by atoms with E-state index in [1.54, 1.807) is 18.2 Å². The van der Waals surface area contributed by atoms with E-state index in [0.717, 1.165) is 21.3 Å². The Morgan fingerprint density at radius 3 is 2.52 bits per heavy atom. The predicted molar refractivity (Wildman–Crippen MR) is 118 cm³/mol. The van der Waals surface area contributed by atoms with Gasteiger partial charge in [0.05, 0.1) is 22.9 Å². The van der Waals surface area contributed by atoms with Crippen molar-refractivity contribution < 1.29 is 14.6 Å². The molecule has 0 aliphatic rings. The van der Waals surface area contributed by atoms with Gasteiger partial charge in [0.15, 0.2) is 0 Å². The van der Waals surface area contributed by atoms with E-state index in [1.807, 2.05) is 42.6 Å². The lowest BCUT2D eigenvalue weighted by molar-refractivity contribution is 0.0536. The van der Waals surface area contributed by atoms with Crippen LogP contribution in [0.4, 0.5) is 0 Å². The number of ether oxygens (including phenoxy) is 1. The minimum absolute atomic E-state index is 0.113. The van der Waals surface area contributed by atoms with Crippen LogP contribution in [-0.4, -0.2) is 16.1 Å². The molecule has 0 aliphatic heterocycles. The molecule has 4 aromatic rings. The number of carboxylic acids is 1. The van der Waals surface area contributed by atoms with Crippen LogP contribution in [0.25, 0.3) is 21.3 Å². The minimum Gasteiger partial charge on any atom is -0.477 e. The third kappa shape index (κ3) is 4.05. The molecule has 148 valence electrons. The fourth-order valence-corrected chi connectivity index (χ4v) is 5.01. The number of H-pyrrole nitrogens is 1. The highest BCUT2D eigenvalue weighted by Gasteiger charge is 2.24. The van der Waals surface area contributed by atoms with E-state index in [2.05, 4.69) is 4.98 Å². The van der Waals surface area contributed by atoms with Crippen molar-refractivity contribution in [3.8, 4) is 11.1 Å². The van der Waals surface area contributed by atoms with E-state index in [0.29, 0.717) is 27.8 Å². The van der Waals surface area contributed by atoms with Gasteiger partial charge in [-0.05, 0) is 41.6 Å². The lowest BCUT2D eigenvalue weighted by Crippen LogP contribution is -2.01. The van der Waals surface area contributed by atoms with E-state index in [1.165, 1.54) is 11.3 Å². The monoisotopic (exact) mass is 445 g/mol. The minimum atomic E-state index is -1.04. The normalized spacial score (nSPS) is 12.4. The third-order valence-electron chi connectivity index (χ3n) is 4.69. The van der Waals surface area contributed by atoms with Crippen LogP contribution in [-0.2, 0) is 11.3 Å². The first kappa shape index (κ1) is 20.0. The number of benzene rings is 2. The summed E-state index contributed by atoms with van der Waals surface area (Å²) in [6.07, 6.45) is -0.208. The number of fused-ring (bicyclic) bond motifs is 1. The van der Waals surface area contributed by atoms with Gasteiger partial charge in [0, 0.05) is 21.2 Å². The summed E-state index contributed by atoms with van der Waals surface area (Å²) in [7, 11) is 0. The number of carboxylic acid groups (broad SMARTS) is 1. The average Bonchev–Trinajstić information content (AvgIpc) is 3.25. The molecule has 0 amide bonds. The molecule has 1 unspecified atom stereocenters. The van der Waals surface area contributed by atoms with Gasteiger partial charge < -0.3 is 14.8 Å². The molecule has 2 N–H and O–H groups in total. The molecular formula is C22H17Cl2NO3S. The molecule has 7 heteroatoms. The summed E-state index contributed by atoms with van der Waals surface area (Å²) in [5.41, 5.74) is 4.13. The Kier molecular flexibility index (Phi) is 5.65. The SMILES string of the molecule is CC(OCc1ccccc1)c1csc2c(-c3cc(Cl)cc(Cl)c3)c(C(=O)O)[nH]c12. The lowest BCUT2D eigenvalue weighted by Gasteiger charge is -2.12. The Morgan fingerprint density at radius 1 is 1.17 bits per heavy atom. The van der Waals surface area contributed by atoms with E-state index in [-0.39, 0.29) is 11.8 Å². The van der Waals surface area contributed by atoms with Gasteiger partial charge in [0.1, 0.15) is 5.69 Å². The Bertz CT molecular complexity index is 1160. The Morgan fingerprint density at radius 2 is 1.86 bits per heavy atom. The number of hydrogen-bond acceptors (Lipinski definition) is 3. The van der Waals surface area contributed by atoms with Crippen LogP contribution in [0, 0.1) is 0 Å². The number of nitrogens with one attached hydrogen (secondary N) is 1. The molecule has 4 nitrogen and oxygen atoms in total. The van der Waals surface area contributed by atoms with E-state index in [4.69, 9.17) is 27.9 Å². The lowest BCUT2D eigenvalue weighted by atomic mass is 10.1. The maximum atomic E-state index is 11.9. The van der Waals surface area contributed by atoms with E-state index >= 15 is 0 Å². The highest BCUT2D eigenvalue weighted by atomic mass is 35.5. The number of halogens is 2. The molecule has 0 bridgehead atoms. The molecule has 0 spiro atoms. The van der Waals surface area contributed by atoms with E-state index in [9.17, 15) is 9.90 Å². The summed E-state index contributed by atoms with van der Waals surface area (Å²) >= 11 is 13.8. The topological polar surface area (TPSA) is 62.3 Å². The van der Waals surface area contributed by atoms with Crippen molar-refractivity contribution in [3.05, 3.63) is 80.8 Å². The molecule has 1 atom stereocenters. The molecule has 0 radical (unpaired) electrons. The van der Waals surface area contributed by atoms with Crippen molar-refractivity contribution in [2.24, 2.45) is 0 Å². The Hall–Kier alpha value is -2.31. The quantitative estimate of drug-likeness (QED) is 0.330. The van der Waals surface area contributed by atoms with Gasteiger partial charge in [-0.15, -0.1) is 11.3 Å². The zero-order chi connectivity index (χ0) is 20.5. The summed E-state index contributed by atoms with van der Waals surface area (Å²) in [5.74, 6) is -1.04. The standard InChI is InChI=1S/C22H17Cl2NO3S/c1-12(28-10-13-5-3-2-4-6-13)17-11-29-21-18(20(22(26)27)25-19(17)21)14-7-15(23)9-16(24)8-14/h2-9,11-12,25H,10H2,1H3,(H,26,27). The van der Waals surface area contributed by atoms with Gasteiger partial charge in [-0.1, -0.05) is 53.5 Å². The second kappa shape index (κ2) is 8.20. The van der Waals surface area contributed by atoms with Crippen LogP contribution in [0.15, 0.2) is 53.9 Å². The molecule has 4 rings (SSSR count). The maximum absolute atomic E-state index is 11.9. The van der Waals surface area contributed by atoms with Gasteiger partial charge in [-0.25, -0.2) is 4.79 Å². The average molecular weight is 446 g/mol. The second-order valence-electron chi connectivity index (χ2n) is 6.67. The van der Waals surface area contributed by atoms with Crippen molar-refractivity contribution in [2.75, 3.05) is 0 Å². The van der Waals surface area contributed by atoms with Crippen molar-refractivity contribution >= 4 is 50.7 Å². The largest absolute Gasteiger partial charge is 0.477 e. The van der Waals surface area contributed by atoms with Crippen molar-refractivity contribution in [3.63, 3.8) is 0 Å². The van der Waals surface area contributed by atoms with Gasteiger partial charge in [-0.3, -0.25) is 0 Å². The molecule has 2 heterocycles. The number of aromatic amines is 1.